The summed E-state index contributed by atoms with van der Waals surface area (Å²) in [6.45, 7) is 2.05. The summed E-state index contributed by atoms with van der Waals surface area (Å²) >= 11 is 3.49. The molecule has 3 rings (SSSR count). The quantitative estimate of drug-likeness (QED) is 0.689. The van der Waals surface area contributed by atoms with Crippen LogP contribution in [0.4, 0.5) is 23.1 Å². The SMILES string of the molecule is Cc1cc(Nc2nccc(Nc3ccccc3)n2)ccc1Br. The van der Waals surface area contributed by atoms with Gasteiger partial charge in [-0.15, -0.1) is 0 Å². The third kappa shape index (κ3) is 3.62. The molecule has 0 amide bonds. The minimum Gasteiger partial charge on any atom is -0.340 e. The molecule has 22 heavy (non-hydrogen) atoms. The highest BCUT2D eigenvalue weighted by molar-refractivity contribution is 9.10. The van der Waals surface area contributed by atoms with Crippen molar-refractivity contribution >= 4 is 39.1 Å². The Morgan fingerprint density at radius 3 is 2.50 bits per heavy atom. The van der Waals surface area contributed by atoms with Crippen LogP contribution >= 0.6 is 15.9 Å². The predicted molar refractivity (Wildman–Crippen MR) is 93.9 cm³/mol. The summed E-state index contributed by atoms with van der Waals surface area (Å²) in [5, 5.41) is 6.47. The van der Waals surface area contributed by atoms with Crippen LogP contribution < -0.4 is 10.6 Å². The van der Waals surface area contributed by atoms with E-state index in [1.54, 1.807) is 6.20 Å². The molecule has 0 fully saturated rings. The molecule has 0 spiro atoms. The van der Waals surface area contributed by atoms with Crippen LogP contribution in [-0.2, 0) is 0 Å². The molecule has 110 valence electrons. The first-order valence-corrected chi connectivity index (χ1v) is 7.68. The molecule has 0 saturated carbocycles. The summed E-state index contributed by atoms with van der Waals surface area (Å²) in [4.78, 5) is 8.72. The van der Waals surface area contributed by atoms with E-state index in [1.165, 1.54) is 0 Å². The average molecular weight is 355 g/mol. The first-order chi connectivity index (χ1) is 10.7. The number of hydrogen-bond acceptors (Lipinski definition) is 4. The number of para-hydroxylation sites is 1. The van der Waals surface area contributed by atoms with Crippen molar-refractivity contribution < 1.29 is 0 Å². The van der Waals surface area contributed by atoms with Gasteiger partial charge in [0.1, 0.15) is 5.82 Å². The van der Waals surface area contributed by atoms with Crippen LogP contribution in [0.1, 0.15) is 5.56 Å². The van der Waals surface area contributed by atoms with E-state index in [-0.39, 0.29) is 0 Å². The molecule has 0 bridgehead atoms. The van der Waals surface area contributed by atoms with Crippen molar-refractivity contribution in [1.29, 1.82) is 0 Å². The van der Waals surface area contributed by atoms with Crippen molar-refractivity contribution in [3.63, 3.8) is 0 Å². The number of aromatic nitrogens is 2. The predicted octanol–water partition coefficient (Wildman–Crippen LogP) is 5.03. The molecule has 0 radical (unpaired) electrons. The topological polar surface area (TPSA) is 49.8 Å². The molecule has 2 aromatic carbocycles. The zero-order valence-electron chi connectivity index (χ0n) is 12.0. The van der Waals surface area contributed by atoms with Gasteiger partial charge in [0.05, 0.1) is 0 Å². The van der Waals surface area contributed by atoms with Crippen molar-refractivity contribution in [3.8, 4) is 0 Å². The van der Waals surface area contributed by atoms with E-state index in [1.807, 2.05) is 61.5 Å². The molecule has 5 heteroatoms. The van der Waals surface area contributed by atoms with E-state index in [4.69, 9.17) is 0 Å². The normalized spacial score (nSPS) is 10.3. The summed E-state index contributed by atoms with van der Waals surface area (Å²) in [6.07, 6.45) is 1.73. The maximum Gasteiger partial charge on any atom is 0.229 e. The Balaban J connectivity index is 1.77. The van der Waals surface area contributed by atoms with Crippen LogP contribution in [0.2, 0.25) is 0 Å². The standard InChI is InChI=1S/C17H15BrN4/c1-12-11-14(7-8-15(12)18)21-17-19-10-9-16(22-17)20-13-5-3-2-4-6-13/h2-11H,1H3,(H2,19,20,21,22). The average Bonchev–Trinajstić information content (AvgIpc) is 2.52. The Labute approximate surface area is 137 Å². The van der Waals surface area contributed by atoms with Gasteiger partial charge in [-0.05, 0) is 48.9 Å². The van der Waals surface area contributed by atoms with Crippen molar-refractivity contribution in [1.82, 2.24) is 9.97 Å². The third-order valence-corrected chi connectivity index (χ3v) is 4.01. The van der Waals surface area contributed by atoms with E-state index in [9.17, 15) is 0 Å². The van der Waals surface area contributed by atoms with Crippen molar-refractivity contribution in [2.45, 2.75) is 6.92 Å². The summed E-state index contributed by atoms with van der Waals surface area (Å²) in [5.74, 6) is 1.31. The molecule has 1 heterocycles. The highest BCUT2D eigenvalue weighted by Crippen LogP contribution is 2.22. The number of aryl methyl sites for hydroxylation is 1. The molecular weight excluding hydrogens is 340 g/mol. The van der Waals surface area contributed by atoms with E-state index in [0.29, 0.717) is 5.95 Å². The number of benzene rings is 2. The number of anilines is 4. The first-order valence-electron chi connectivity index (χ1n) is 6.89. The molecule has 0 atom stereocenters. The van der Waals surface area contributed by atoms with Crippen LogP contribution in [0.3, 0.4) is 0 Å². The number of hydrogen-bond donors (Lipinski definition) is 2. The van der Waals surface area contributed by atoms with Crippen LogP contribution in [0, 0.1) is 6.92 Å². The summed E-state index contributed by atoms with van der Waals surface area (Å²) in [7, 11) is 0. The Hall–Kier alpha value is -2.40. The Kier molecular flexibility index (Phi) is 4.34. The lowest BCUT2D eigenvalue weighted by Gasteiger charge is -2.09. The summed E-state index contributed by atoms with van der Waals surface area (Å²) in [5.41, 5.74) is 3.10. The van der Waals surface area contributed by atoms with E-state index in [0.717, 1.165) is 27.2 Å². The van der Waals surface area contributed by atoms with Gasteiger partial charge in [0.2, 0.25) is 5.95 Å². The number of halogens is 1. The largest absolute Gasteiger partial charge is 0.340 e. The summed E-state index contributed by atoms with van der Waals surface area (Å²) < 4.78 is 1.08. The van der Waals surface area contributed by atoms with Crippen LogP contribution in [0.15, 0.2) is 65.3 Å². The van der Waals surface area contributed by atoms with Gasteiger partial charge in [0, 0.05) is 22.0 Å². The van der Waals surface area contributed by atoms with E-state index in [2.05, 4.69) is 36.5 Å². The fourth-order valence-electron chi connectivity index (χ4n) is 2.01. The fraction of sp³-hybridized carbons (Fsp3) is 0.0588. The number of rotatable bonds is 4. The molecule has 4 nitrogen and oxygen atoms in total. The monoisotopic (exact) mass is 354 g/mol. The van der Waals surface area contributed by atoms with Gasteiger partial charge in [0.25, 0.3) is 0 Å². The molecule has 0 unspecified atom stereocenters. The van der Waals surface area contributed by atoms with Crippen LogP contribution in [0.5, 0.6) is 0 Å². The third-order valence-electron chi connectivity index (χ3n) is 3.12. The molecule has 0 saturated heterocycles. The van der Waals surface area contributed by atoms with Crippen molar-refractivity contribution in [2.24, 2.45) is 0 Å². The minimum atomic E-state index is 0.558. The highest BCUT2D eigenvalue weighted by Gasteiger charge is 2.02. The van der Waals surface area contributed by atoms with Gasteiger partial charge in [-0.1, -0.05) is 34.1 Å². The van der Waals surface area contributed by atoms with Gasteiger partial charge in [0.15, 0.2) is 0 Å². The fourth-order valence-corrected chi connectivity index (χ4v) is 2.26. The second-order valence-corrected chi connectivity index (χ2v) is 5.70. The van der Waals surface area contributed by atoms with E-state index < -0.39 is 0 Å². The molecule has 2 N–H and O–H groups in total. The molecule has 0 aliphatic rings. The lowest BCUT2D eigenvalue weighted by Crippen LogP contribution is -2.00. The lowest BCUT2D eigenvalue weighted by atomic mass is 10.2. The van der Waals surface area contributed by atoms with Crippen LogP contribution in [-0.4, -0.2) is 9.97 Å². The Bertz CT molecular complexity index is 775. The number of nitrogens with zero attached hydrogens (tertiary/aromatic N) is 2. The maximum absolute atomic E-state index is 4.47. The second kappa shape index (κ2) is 6.58. The van der Waals surface area contributed by atoms with Gasteiger partial charge in [-0.25, -0.2) is 4.98 Å². The van der Waals surface area contributed by atoms with E-state index >= 15 is 0 Å². The molecule has 3 aromatic rings. The highest BCUT2D eigenvalue weighted by atomic mass is 79.9. The maximum atomic E-state index is 4.47. The summed E-state index contributed by atoms with van der Waals surface area (Å²) in [6, 6.07) is 17.8. The second-order valence-electron chi connectivity index (χ2n) is 4.85. The Morgan fingerprint density at radius 1 is 0.909 bits per heavy atom. The van der Waals surface area contributed by atoms with Gasteiger partial charge < -0.3 is 10.6 Å². The molecular formula is C17H15BrN4. The zero-order chi connectivity index (χ0) is 15.4. The van der Waals surface area contributed by atoms with Gasteiger partial charge >= 0.3 is 0 Å². The Morgan fingerprint density at radius 2 is 1.73 bits per heavy atom. The smallest absolute Gasteiger partial charge is 0.229 e. The van der Waals surface area contributed by atoms with Crippen molar-refractivity contribution in [3.05, 3.63) is 70.8 Å². The molecule has 0 aliphatic heterocycles. The molecule has 1 aromatic heterocycles. The van der Waals surface area contributed by atoms with Gasteiger partial charge in [-0.2, -0.15) is 4.98 Å². The molecule has 0 aliphatic carbocycles. The van der Waals surface area contributed by atoms with Crippen molar-refractivity contribution in [2.75, 3.05) is 10.6 Å². The minimum absolute atomic E-state index is 0.558. The van der Waals surface area contributed by atoms with Gasteiger partial charge in [-0.3, -0.25) is 0 Å². The first kappa shape index (κ1) is 14.5. The lowest BCUT2D eigenvalue weighted by molar-refractivity contribution is 1.16. The zero-order valence-corrected chi connectivity index (χ0v) is 13.6. The van der Waals surface area contributed by atoms with Crippen LogP contribution in [0.25, 0.3) is 0 Å². The number of nitrogens with one attached hydrogen (secondary N) is 2.